The van der Waals surface area contributed by atoms with Crippen molar-refractivity contribution in [1.29, 1.82) is 0 Å². The average Bonchev–Trinajstić information content (AvgIpc) is 2.43. The molecule has 2 aromatic rings. The van der Waals surface area contributed by atoms with Crippen molar-refractivity contribution in [2.75, 3.05) is 6.54 Å². The fourth-order valence-electron chi connectivity index (χ4n) is 1.94. The summed E-state index contributed by atoms with van der Waals surface area (Å²) in [5, 5.41) is 3.33. The summed E-state index contributed by atoms with van der Waals surface area (Å²) in [4.78, 5) is 0.916. The van der Waals surface area contributed by atoms with E-state index in [0.717, 1.165) is 24.4 Å². The molecule has 0 aliphatic rings. The van der Waals surface area contributed by atoms with Gasteiger partial charge in [-0.05, 0) is 24.5 Å². The van der Waals surface area contributed by atoms with Crippen LogP contribution in [0.5, 0.6) is 0 Å². The number of aryl methyl sites for hydroxylation is 1. The van der Waals surface area contributed by atoms with Crippen LogP contribution in [0.3, 0.4) is 0 Å². The lowest BCUT2D eigenvalue weighted by atomic mass is 10.1. The molecule has 0 atom stereocenters. The van der Waals surface area contributed by atoms with Crippen molar-refractivity contribution in [3.8, 4) is 0 Å². The monoisotopic (exact) mass is 269 g/mol. The van der Waals surface area contributed by atoms with Gasteiger partial charge < -0.3 is 5.32 Å². The van der Waals surface area contributed by atoms with Crippen molar-refractivity contribution in [2.24, 2.45) is 0 Å². The number of thiocarbonyl (C=S) groups is 1. The summed E-state index contributed by atoms with van der Waals surface area (Å²) >= 11 is 5.37. The first-order valence-corrected chi connectivity index (χ1v) is 7.01. The molecule has 0 aromatic heterocycles. The molecule has 0 spiro atoms. The summed E-state index contributed by atoms with van der Waals surface area (Å²) in [6.07, 6.45) is 1.83. The standard InChI is InChI=1S/C17H19NS/c1-14-7-9-16(10-8-14)13-17(19)18-12-11-15-5-3-2-4-6-15/h2-10H,11-13H2,1H3,(H,18,19). The Bertz CT molecular complexity index is 517. The zero-order valence-corrected chi connectivity index (χ0v) is 12.0. The predicted octanol–water partition coefficient (Wildman–Crippen LogP) is 3.70. The topological polar surface area (TPSA) is 12.0 Å². The van der Waals surface area contributed by atoms with Crippen molar-refractivity contribution in [2.45, 2.75) is 19.8 Å². The normalized spacial score (nSPS) is 10.2. The molecule has 0 fully saturated rings. The van der Waals surface area contributed by atoms with Crippen LogP contribution in [-0.2, 0) is 12.8 Å². The Morgan fingerprint density at radius 1 is 0.947 bits per heavy atom. The first kappa shape index (κ1) is 13.8. The Kier molecular flexibility index (Phi) is 5.10. The van der Waals surface area contributed by atoms with Crippen molar-refractivity contribution in [3.05, 3.63) is 71.3 Å². The van der Waals surface area contributed by atoms with E-state index < -0.39 is 0 Å². The summed E-state index contributed by atoms with van der Waals surface area (Å²) < 4.78 is 0. The van der Waals surface area contributed by atoms with E-state index in [0.29, 0.717) is 0 Å². The van der Waals surface area contributed by atoms with Crippen molar-refractivity contribution >= 4 is 17.2 Å². The summed E-state index contributed by atoms with van der Waals surface area (Å²) in [7, 11) is 0. The maximum absolute atomic E-state index is 5.37. The fraction of sp³-hybridized carbons (Fsp3) is 0.235. The van der Waals surface area contributed by atoms with Gasteiger partial charge in [-0.2, -0.15) is 0 Å². The number of nitrogens with one attached hydrogen (secondary N) is 1. The molecule has 0 saturated heterocycles. The Labute approximate surface area is 120 Å². The Morgan fingerprint density at radius 2 is 1.63 bits per heavy atom. The molecule has 0 unspecified atom stereocenters. The van der Waals surface area contributed by atoms with Crippen LogP contribution < -0.4 is 5.32 Å². The second-order valence-corrected chi connectivity index (χ2v) is 5.24. The molecule has 0 aliphatic heterocycles. The van der Waals surface area contributed by atoms with Gasteiger partial charge in [0.05, 0.1) is 4.99 Å². The van der Waals surface area contributed by atoms with Gasteiger partial charge in [-0.3, -0.25) is 0 Å². The molecule has 19 heavy (non-hydrogen) atoms. The molecule has 2 heteroatoms. The molecule has 1 N–H and O–H groups in total. The highest BCUT2D eigenvalue weighted by molar-refractivity contribution is 7.80. The van der Waals surface area contributed by atoms with Gasteiger partial charge in [0.25, 0.3) is 0 Å². The SMILES string of the molecule is Cc1ccc(CC(=S)NCCc2ccccc2)cc1. The van der Waals surface area contributed by atoms with Crippen LogP contribution in [0.1, 0.15) is 16.7 Å². The van der Waals surface area contributed by atoms with E-state index in [9.17, 15) is 0 Å². The third-order valence-corrected chi connectivity index (χ3v) is 3.35. The lowest BCUT2D eigenvalue weighted by Crippen LogP contribution is -2.25. The van der Waals surface area contributed by atoms with E-state index in [4.69, 9.17) is 12.2 Å². The minimum absolute atomic E-state index is 0.824. The smallest absolute Gasteiger partial charge is 0.0797 e. The second kappa shape index (κ2) is 7.05. The number of rotatable bonds is 5. The average molecular weight is 269 g/mol. The van der Waals surface area contributed by atoms with Crippen LogP contribution in [0.25, 0.3) is 0 Å². The van der Waals surface area contributed by atoms with Gasteiger partial charge in [-0.15, -0.1) is 0 Å². The van der Waals surface area contributed by atoms with Gasteiger partial charge in [0.2, 0.25) is 0 Å². The zero-order chi connectivity index (χ0) is 13.5. The molecular formula is C17H19NS. The van der Waals surface area contributed by atoms with Crippen LogP contribution >= 0.6 is 12.2 Å². The molecule has 0 saturated carbocycles. The predicted molar refractivity (Wildman–Crippen MR) is 85.6 cm³/mol. The summed E-state index contributed by atoms with van der Waals surface area (Å²) in [6.45, 7) is 2.99. The number of hydrogen-bond donors (Lipinski definition) is 1. The van der Waals surface area contributed by atoms with Gasteiger partial charge in [-0.1, -0.05) is 72.4 Å². The molecular weight excluding hydrogens is 250 g/mol. The van der Waals surface area contributed by atoms with Crippen LogP contribution in [-0.4, -0.2) is 11.5 Å². The third kappa shape index (κ3) is 4.84. The Morgan fingerprint density at radius 3 is 2.32 bits per heavy atom. The number of benzene rings is 2. The number of hydrogen-bond acceptors (Lipinski definition) is 1. The third-order valence-electron chi connectivity index (χ3n) is 3.06. The van der Waals surface area contributed by atoms with Gasteiger partial charge >= 0.3 is 0 Å². The van der Waals surface area contributed by atoms with Crippen LogP contribution in [0.2, 0.25) is 0 Å². The quantitative estimate of drug-likeness (QED) is 0.831. The molecule has 2 aromatic carbocycles. The van der Waals surface area contributed by atoms with E-state index >= 15 is 0 Å². The molecule has 0 aliphatic carbocycles. The highest BCUT2D eigenvalue weighted by Gasteiger charge is 1.99. The lowest BCUT2D eigenvalue weighted by molar-refractivity contribution is 0.864. The summed E-state index contributed by atoms with van der Waals surface area (Å²) in [5.74, 6) is 0. The van der Waals surface area contributed by atoms with Gasteiger partial charge in [0.15, 0.2) is 0 Å². The zero-order valence-electron chi connectivity index (χ0n) is 11.2. The first-order valence-electron chi connectivity index (χ1n) is 6.60. The maximum atomic E-state index is 5.37. The van der Waals surface area contributed by atoms with E-state index in [1.54, 1.807) is 0 Å². The van der Waals surface area contributed by atoms with Crippen molar-refractivity contribution in [3.63, 3.8) is 0 Å². The van der Waals surface area contributed by atoms with Crippen molar-refractivity contribution < 1.29 is 0 Å². The summed E-state index contributed by atoms with van der Waals surface area (Å²) in [5.41, 5.74) is 3.89. The van der Waals surface area contributed by atoms with E-state index in [1.165, 1.54) is 16.7 Å². The van der Waals surface area contributed by atoms with Gasteiger partial charge in [-0.25, -0.2) is 0 Å². The summed E-state index contributed by atoms with van der Waals surface area (Å²) in [6, 6.07) is 19.0. The van der Waals surface area contributed by atoms with Crippen LogP contribution in [0, 0.1) is 6.92 Å². The van der Waals surface area contributed by atoms with E-state index in [1.807, 2.05) is 6.07 Å². The van der Waals surface area contributed by atoms with Crippen LogP contribution in [0.15, 0.2) is 54.6 Å². The van der Waals surface area contributed by atoms with E-state index in [2.05, 4.69) is 60.8 Å². The minimum atomic E-state index is 0.824. The molecule has 1 nitrogen and oxygen atoms in total. The molecule has 0 amide bonds. The Hall–Kier alpha value is -1.67. The molecule has 98 valence electrons. The second-order valence-electron chi connectivity index (χ2n) is 4.75. The molecule has 0 bridgehead atoms. The first-order chi connectivity index (χ1) is 9.24. The Balaban J connectivity index is 1.74. The fourth-order valence-corrected chi connectivity index (χ4v) is 2.21. The minimum Gasteiger partial charge on any atom is -0.379 e. The molecule has 0 radical (unpaired) electrons. The maximum Gasteiger partial charge on any atom is 0.0797 e. The van der Waals surface area contributed by atoms with E-state index in [-0.39, 0.29) is 0 Å². The van der Waals surface area contributed by atoms with Gasteiger partial charge in [0.1, 0.15) is 0 Å². The highest BCUT2D eigenvalue weighted by atomic mass is 32.1. The van der Waals surface area contributed by atoms with Crippen molar-refractivity contribution in [1.82, 2.24) is 5.32 Å². The molecule has 2 rings (SSSR count). The van der Waals surface area contributed by atoms with Gasteiger partial charge in [0, 0.05) is 13.0 Å². The van der Waals surface area contributed by atoms with Crippen LogP contribution in [0.4, 0.5) is 0 Å². The molecule has 0 heterocycles. The largest absolute Gasteiger partial charge is 0.379 e. The lowest BCUT2D eigenvalue weighted by Gasteiger charge is -2.08. The highest BCUT2D eigenvalue weighted by Crippen LogP contribution is 2.04.